The smallest absolute Gasteiger partial charge is 0.338 e. The van der Waals surface area contributed by atoms with Crippen LogP contribution >= 0.6 is 0 Å². The van der Waals surface area contributed by atoms with Crippen molar-refractivity contribution < 1.29 is 64.0 Å². The molecule has 0 amide bonds. The summed E-state index contributed by atoms with van der Waals surface area (Å²) in [6.07, 6.45) is -1.14. The summed E-state index contributed by atoms with van der Waals surface area (Å²) in [5.41, 5.74) is -9.55. The standard InChI is InChI=1S/C45H72FNO12/c1-11-34-43(10,56)37(52)28(6)47(23-24(2)21-42(9,55)36(51)26(4)35(50)27(5)38(53)59-34)17-12-18-58-39(54)45(57)25(3)19-32-31-14-13-29-20-30(48)15-16-40(29,7)44(31,46)33(49)22-41(32,45)8/h13,15-16,24-28,31-37,49-52,55-57H,11-12,14,17-23H2,1-10H3/t24-,25-,26+,27-,28-,31?,32?,33+,34-,35+,36-,37-,40+,41+,42-,43-,44+,45+/m1/s1. The molecule has 3 fully saturated rings. The van der Waals surface area contributed by atoms with Gasteiger partial charge in [-0.1, -0.05) is 52.3 Å². The number of hydrogen-bond donors (Lipinski definition) is 7. The summed E-state index contributed by atoms with van der Waals surface area (Å²) in [6, 6.07) is -0.759. The zero-order chi connectivity index (χ0) is 44.4. The molecule has 1 saturated heterocycles. The zero-order valence-electron chi connectivity index (χ0n) is 36.7. The lowest BCUT2D eigenvalue weighted by molar-refractivity contribution is -0.224. The van der Waals surface area contributed by atoms with E-state index >= 15 is 4.39 Å². The van der Waals surface area contributed by atoms with Crippen LogP contribution in [-0.4, -0.2) is 137 Å². The molecule has 2 unspecified atom stereocenters. The lowest BCUT2D eigenvalue weighted by Crippen LogP contribution is -2.69. The lowest BCUT2D eigenvalue weighted by atomic mass is 9.45. The van der Waals surface area contributed by atoms with Crippen LogP contribution in [0.5, 0.6) is 0 Å². The Kier molecular flexibility index (Phi) is 13.6. The Balaban J connectivity index is 1.34. The van der Waals surface area contributed by atoms with Crippen molar-refractivity contribution >= 4 is 17.7 Å². The van der Waals surface area contributed by atoms with Gasteiger partial charge in [0.05, 0.1) is 36.4 Å². The number of ether oxygens (including phenoxy) is 2. The van der Waals surface area contributed by atoms with Crippen LogP contribution in [0, 0.1) is 46.3 Å². The molecule has 5 aliphatic rings. The fraction of sp³-hybridized carbons (Fsp3) is 0.844. The second-order valence-corrected chi connectivity index (χ2v) is 20.1. The van der Waals surface area contributed by atoms with Gasteiger partial charge in [0.15, 0.2) is 17.1 Å². The van der Waals surface area contributed by atoms with E-state index in [9.17, 15) is 50.1 Å². The first-order chi connectivity index (χ1) is 27.2. The quantitative estimate of drug-likeness (QED) is 0.117. The van der Waals surface area contributed by atoms with Gasteiger partial charge in [0.2, 0.25) is 0 Å². The lowest BCUT2D eigenvalue weighted by Gasteiger charge is -2.61. The number of cyclic esters (lactones) is 1. The molecule has 336 valence electrons. The van der Waals surface area contributed by atoms with Crippen molar-refractivity contribution in [3.63, 3.8) is 0 Å². The molecular formula is C45H72FNO12. The molecule has 4 aliphatic carbocycles. The molecule has 18 atom stereocenters. The highest BCUT2D eigenvalue weighted by Crippen LogP contribution is 2.70. The number of carbonyl (C=O) groups is 3. The molecule has 0 bridgehead atoms. The Morgan fingerprint density at radius 2 is 1.61 bits per heavy atom. The topological polar surface area (TPSA) is 215 Å². The Morgan fingerprint density at radius 1 is 0.966 bits per heavy atom. The third-order valence-corrected chi connectivity index (χ3v) is 16.1. The summed E-state index contributed by atoms with van der Waals surface area (Å²) in [5.74, 6) is -5.97. The number of aliphatic hydroxyl groups is 7. The third kappa shape index (κ3) is 7.78. The Hall–Kier alpha value is -2.30. The van der Waals surface area contributed by atoms with Crippen molar-refractivity contribution in [3.8, 4) is 0 Å². The number of fused-ring (bicyclic) bond motifs is 5. The number of aliphatic hydroxyl groups excluding tert-OH is 4. The minimum atomic E-state index is -2.11. The molecule has 0 radical (unpaired) electrons. The maximum atomic E-state index is 17.6. The van der Waals surface area contributed by atoms with Crippen LogP contribution in [0.1, 0.15) is 114 Å². The minimum Gasteiger partial charge on any atom is -0.463 e. The molecular weight excluding hydrogens is 765 g/mol. The predicted molar refractivity (Wildman–Crippen MR) is 216 cm³/mol. The molecule has 13 nitrogen and oxygen atoms in total. The van der Waals surface area contributed by atoms with E-state index in [1.54, 1.807) is 47.6 Å². The molecule has 0 spiro atoms. The van der Waals surface area contributed by atoms with E-state index in [4.69, 9.17) is 9.47 Å². The molecule has 7 N–H and O–H groups in total. The number of hydrogen-bond acceptors (Lipinski definition) is 13. The van der Waals surface area contributed by atoms with Crippen molar-refractivity contribution in [3.05, 3.63) is 23.8 Å². The Bertz CT molecular complexity index is 1650. The highest BCUT2D eigenvalue weighted by Gasteiger charge is 2.76. The number of halogens is 1. The fourth-order valence-electron chi connectivity index (χ4n) is 12.3. The van der Waals surface area contributed by atoms with Crippen molar-refractivity contribution in [1.29, 1.82) is 0 Å². The first-order valence-electron chi connectivity index (χ1n) is 21.8. The number of alkyl halides is 1. The Morgan fingerprint density at radius 3 is 2.24 bits per heavy atom. The summed E-state index contributed by atoms with van der Waals surface area (Å²) in [4.78, 5) is 41.5. The van der Waals surface area contributed by atoms with E-state index in [1.165, 1.54) is 26.8 Å². The van der Waals surface area contributed by atoms with Crippen LogP contribution in [-0.2, 0) is 23.9 Å². The predicted octanol–water partition coefficient (Wildman–Crippen LogP) is 3.18. The molecule has 2 saturated carbocycles. The summed E-state index contributed by atoms with van der Waals surface area (Å²) in [7, 11) is 0. The van der Waals surface area contributed by atoms with Gasteiger partial charge >= 0.3 is 11.9 Å². The number of nitrogens with zero attached hydrogens (tertiary/aromatic N) is 1. The van der Waals surface area contributed by atoms with Crippen molar-refractivity contribution in [2.75, 3.05) is 19.7 Å². The largest absolute Gasteiger partial charge is 0.463 e. The van der Waals surface area contributed by atoms with Gasteiger partial charge in [-0.3, -0.25) is 14.5 Å². The zero-order valence-corrected chi connectivity index (χ0v) is 36.7. The van der Waals surface area contributed by atoms with E-state index in [0.29, 0.717) is 12.0 Å². The molecule has 1 heterocycles. The van der Waals surface area contributed by atoms with Crippen LogP contribution in [0.4, 0.5) is 4.39 Å². The molecule has 59 heavy (non-hydrogen) atoms. The van der Waals surface area contributed by atoms with Gasteiger partial charge in [-0.05, 0) is 97.0 Å². The molecule has 0 aromatic carbocycles. The van der Waals surface area contributed by atoms with Gasteiger partial charge in [-0.25, -0.2) is 9.18 Å². The monoisotopic (exact) mass is 838 g/mol. The third-order valence-electron chi connectivity index (χ3n) is 16.1. The maximum Gasteiger partial charge on any atom is 0.338 e. The summed E-state index contributed by atoms with van der Waals surface area (Å²) >= 11 is 0. The maximum absolute atomic E-state index is 17.6. The van der Waals surface area contributed by atoms with Gasteiger partial charge in [0.25, 0.3) is 0 Å². The van der Waals surface area contributed by atoms with Crippen LogP contribution in [0.3, 0.4) is 0 Å². The van der Waals surface area contributed by atoms with Crippen molar-refractivity contribution in [2.45, 2.75) is 173 Å². The normalized spacial score (nSPS) is 50.0. The van der Waals surface area contributed by atoms with Gasteiger partial charge in [0, 0.05) is 48.2 Å². The summed E-state index contributed by atoms with van der Waals surface area (Å²) in [6.45, 7) is 16.7. The van der Waals surface area contributed by atoms with Crippen LogP contribution in [0.25, 0.3) is 0 Å². The molecule has 14 heteroatoms. The van der Waals surface area contributed by atoms with Gasteiger partial charge in [-0.15, -0.1) is 0 Å². The number of esters is 2. The van der Waals surface area contributed by atoms with E-state index in [0.717, 1.165) is 0 Å². The number of allylic oxidation sites excluding steroid dienone is 4. The second-order valence-electron chi connectivity index (χ2n) is 20.1. The van der Waals surface area contributed by atoms with E-state index < -0.39 is 111 Å². The van der Waals surface area contributed by atoms with Crippen molar-refractivity contribution in [2.24, 2.45) is 46.3 Å². The second kappa shape index (κ2) is 16.8. The molecule has 0 aromatic heterocycles. The van der Waals surface area contributed by atoms with Gasteiger partial charge in [0.1, 0.15) is 17.8 Å². The van der Waals surface area contributed by atoms with E-state index in [2.05, 4.69) is 0 Å². The summed E-state index contributed by atoms with van der Waals surface area (Å²) < 4.78 is 29.2. The van der Waals surface area contributed by atoms with Crippen molar-refractivity contribution in [1.82, 2.24) is 4.90 Å². The average Bonchev–Trinajstić information content (AvgIpc) is 3.37. The summed E-state index contributed by atoms with van der Waals surface area (Å²) in [5, 5.41) is 81.3. The average molecular weight is 838 g/mol. The van der Waals surface area contributed by atoms with Crippen LogP contribution in [0.2, 0.25) is 0 Å². The van der Waals surface area contributed by atoms with Gasteiger partial charge < -0.3 is 45.2 Å². The minimum absolute atomic E-state index is 0.0781. The first-order valence-corrected chi connectivity index (χ1v) is 21.8. The molecule has 0 aromatic rings. The van der Waals surface area contributed by atoms with Crippen LogP contribution < -0.4 is 0 Å². The number of ketones is 1. The number of carbonyl (C=O) groups excluding carboxylic acids is 3. The highest BCUT2D eigenvalue weighted by atomic mass is 19.1. The number of rotatable bonds is 6. The van der Waals surface area contributed by atoms with E-state index in [-0.39, 0.29) is 69.9 Å². The SMILES string of the molecule is CC[C@H]1OC(=O)[C@H](C)[C@@H](O)[C@H](C)[C@@H](O)[C@](C)(O)C[C@@H](C)CN(CCCOC(=O)[C@@]2(O)[C@H](C)CC3C4CC=C5CC(=O)C=C[C@]5(C)[C@@]4(F)[C@@H](O)C[C@@]32C)[C@H](C)[C@@H](O)[C@]1(C)O. The molecule has 5 rings (SSSR count). The fourth-order valence-corrected chi connectivity index (χ4v) is 12.3. The highest BCUT2D eigenvalue weighted by molar-refractivity contribution is 5.93. The van der Waals surface area contributed by atoms with E-state index in [1.807, 2.05) is 17.9 Å². The van der Waals surface area contributed by atoms with Crippen LogP contribution in [0.15, 0.2) is 23.8 Å². The first kappa shape index (κ1) is 47.7. The molecule has 1 aliphatic heterocycles. The Labute approximate surface area is 349 Å². The van der Waals surface area contributed by atoms with Gasteiger partial charge in [-0.2, -0.15) is 0 Å².